The van der Waals surface area contributed by atoms with Crippen molar-refractivity contribution in [3.8, 4) is 0 Å². The van der Waals surface area contributed by atoms with E-state index in [-0.39, 0.29) is 46.3 Å². The van der Waals surface area contributed by atoms with Crippen molar-refractivity contribution in [2.75, 3.05) is 6.54 Å². The molecule has 0 spiro atoms. The lowest BCUT2D eigenvalue weighted by molar-refractivity contribution is -0.145. The van der Waals surface area contributed by atoms with E-state index in [4.69, 9.17) is 5.73 Å². The van der Waals surface area contributed by atoms with Gasteiger partial charge in [0, 0.05) is 6.54 Å². The lowest BCUT2D eigenvalue weighted by Gasteiger charge is -2.55. The number of likely N-dealkylation sites (tertiary alicyclic amines) is 1. The largest absolute Gasteiger partial charge is 0.342 e. The molecular weight excluding hydrogens is 643 g/mol. The van der Waals surface area contributed by atoms with Crippen LogP contribution in [-0.2, 0) is 29.2 Å². The third kappa shape index (κ3) is 6.78. The molecule has 49 heavy (non-hydrogen) atoms. The van der Waals surface area contributed by atoms with Crippen molar-refractivity contribution in [1.29, 1.82) is 0 Å². The molecule has 0 bridgehead atoms. The van der Waals surface area contributed by atoms with E-state index in [1.807, 2.05) is 20.8 Å². The maximum atomic E-state index is 14.9. The molecule has 6 aliphatic rings. The van der Waals surface area contributed by atoms with Crippen LogP contribution in [0.15, 0.2) is 0 Å². The average Bonchev–Trinajstić information content (AvgIpc) is 3.89. The first-order valence-corrected chi connectivity index (χ1v) is 20.6. The third-order valence-electron chi connectivity index (χ3n) is 13.8. The number of hydrogen-bond donors (Lipinski definition) is 4. The first-order valence-electron chi connectivity index (χ1n) is 19.1. The number of rotatable bonds is 12. The van der Waals surface area contributed by atoms with Gasteiger partial charge in [-0.3, -0.25) is 23.9 Å². The zero-order chi connectivity index (χ0) is 35.7. The summed E-state index contributed by atoms with van der Waals surface area (Å²) in [5.74, 6) is -1.34. The molecule has 11 nitrogen and oxygen atoms in total. The molecule has 4 amide bonds. The van der Waals surface area contributed by atoms with Crippen LogP contribution in [0.4, 0.5) is 0 Å². The fourth-order valence-corrected chi connectivity index (χ4v) is 11.1. The summed E-state index contributed by atoms with van der Waals surface area (Å²) in [6.45, 7) is 12.7. The summed E-state index contributed by atoms with van der Waals surface area (Å²) >= 11 is 0. The summed E-state index contributed by atoms with van der Waals surface area (Å²) in [7, 11) is -3.80. The molecule has 0 aromatic heterocycles. The van der Waals surface area contributed by atoms with Crippen molar-refractivity contribution >= 4 is 33.7 Å². The second kappa shape index (κ2) is 12.8. The van der Waals surface area contributed by atoms with E-state index >= 15 is 0 Å². The minimum Gasteiger partial charge on any atom is -0.342 e. The predicted molar refractivity (Wildman–Crippen MR) is 187 cm³/mol. The molecule has 1 heterocycles. The minimum absolute atomic E-state index is 0.0674. The molecule has 5 saturated carbocycles. The second-order valence-electron chi connectivity index (χ2n) is 18.4. The van der Waals surface area contributed by atoms with Gasteiger partial charge in [0.2, 0.25) is 27.7 Å². The van der Waals surface area contributed by atoms with Gasteiger partial charge < -0.3 is 21.3 Å². The fraction of sp³-hybridized carbons (Fsp3) is 0.892. The Morgan fingerprint density at radius 1 is 0.898 bits per heavy atom. The van der Waals surface area contributed by atoms with Crippen molar-refractivity contribution < 1.29 is 27.6 Å². The summed E-state index contributed by atoms with van der Waals surface area (Å²) in [5.41, 5.74) is 4.12. The van der Waals surface area contributed by atoms with Crippen LogP contribution < -0.4 is 21.1 Å². The Morgan fingerprint density at radius 3 is 2.04 bits per heavy atom. The standard InChI is InChI=1S/C37H61N5O6S/c1-22(2)36(35(6)17-10-18-35)20-27(30(43)40-37(19-26(37)23-13-14-23)33(46)41-49(47,48)25-15-16-25)42(21-36)32(45)29(34(3,4)5)39-31(44)28(38)24-11-8-7-9-12-24/h22-29H,7-21,38H2,1-6H3,(H,39,44)(H,40,43)(H,41,46)/t26-,27-,28-,29+,36+,37+/m0/s1. The summed E-state index contributed by atoms with van der Waals surface area (Å²) < 4.78 is 28.0. The Labute approximate surface area is 293 Å². The molecule has 1 aliphatic heterocycles. The smallest absolute Gasteiger partial charge is 0.259 e. The predicted octanol–water partition coefficient (Wildman–Crippen LogP) is 3.75. The van der Waals surface area contributed by atoms with Gasteiger partial charge in [-0.25, -0.2) is 8.42 Å². The van der Waals surface area contributed by atoms with Gasteiger partial charge in [-0.2, -0.15) is 0 Å². The van der Waals surface area contributed by atoms with Crippen molar-refractivity contribution in [1.82, 2.24) is 20.3 Å². The Kier molecular flexibility index (Phi) is 9.54. The van der Waals surface area contributed by atoms with Gasteiger partial charge in [0.05, 0.1) is 11.3 Å². The van der Waals surface area contributed by atoms with Crippen LogP contribution in [0.1, 0.15) is 131 Å². The van der Waals surface area contributed by atoms with Crippen molar-refractivity contribution in [2.24, 2.45) is 45.7 Å². The molecule has 5 aliphatic carbocycles. The van der Waals surface area contributed by atoms with Gasteiger partial charge in [-0.1, -0.05) is 67.2 Å². The minimum atomic E-state index is -3.80. The average molecular weight is 704 g/mol. The summed E-state index contributed by atoms with van der Waals surface area (Å²) in [5, 5.41) is 5.56. The van der Waals surface area contributed by atoms with Gasteiger partial charge in [0.15, 0.2) is 0 Å². The Hall–Kier alpha value is -2.21. The van der Waals surface area contributed by atoms with Gasteiger partial charge >= 0.3 is 0 Å². The second-order valence-corrected chi connectivity index (χ2v) is 20.4. The molecular formula is C37H61N5O6S. The van der Waals surface area contributed by atoms with Crippen LogP contribution in [0, 0.1) is 39.9 Å². The Bertz CT molecular complexity index is 1440. The van der Waals surface area contributed by atoms with Crippen LogP contribution in [-0.4, -0.2) is 72.4 Å². The van der Waals surface area contributed by atoms with Crippen LogP contribution in [0.3, 0.4) is 0 Å². The molecule has 5 N–H and O–H groups in total. The lowest BCUT2D eigenvalue weighted by Crippen LogP contribution is -2.62. The highest BCUT2D eigenvalue weighted by atomic mass is 32.2. The number of nitrogens with one attached hydrogen (secondary N) is 3. The third-order valence-corrected chi connectivity index (χ3v) is 15.6. The first-order chi connectivity index (χ1) is 22.9. The van der Waals surface area contributed by atoms with E-state index in [1.54, 1.807) is 4.90 Å². The highest BCUT2D eigenvalue weighted by Crippen LogP contribution is 2.63. The number of sulfonamides is 1. The quantitative estimate of drug-likeness (QED) is 0.240. The van der Waals surface area contributed by atoms with Gasteiger partial charge in [-0.05, 0) is 104 Å². The van der Waals surface area contributed by atoms with Crippen LogP contribution >= 0.6 is 0 Å². The normalized spacial score (nSPS) is 32.9. The molecule has 0 radical (unpaired) electrons. The van der Waals surface area contributed by atoms with E-state index in [1.165, 1.54) is 0 Å². The molecule has 276 valence electrons. The van der Waals surface area contributed by atoms with Crippen LogP contribution in [0.2, 0.25) is 0 Å². The number of hydrogen-bond acceptors (Lipinski definition) is 7. The zero-order valence-electron chi connectivity index (χ0n) is 30.6. The number of carbonyl (C=O) groups excluding carboxylic acids is 4. The van der Waals surface area contributed by atoms with Crippen molar-refractivity contribution in [3.05, 3.63) is 0 Å². The number of nitrogens with two attached hydrogens (primary N) is 1. The van der Waals surface area contributed by atoms with Crippen LogP contribution in [0.25, 0.3) is 0 Å². The number of carbonyl (C=O) groups is 4. The molecule has 6 atom stereocenters. The SMILES string of the molecule is CC(C)[C@@]1(C2(C)CCC2)C[C@@H](C(=O)N[C@]2(C(=O)NS(=O)(=O)C3CC3)C[C@H]2C2CC2)N(C(=O)[C@@H](NC(=O)[C@@H](N)C2CCCCC2)C(C)(C)C)C1. The van der Waals surface area contributed by atoms with Crippen molar-refractivity contribution in [3.63, 3.8) is 0 Å². The van der Waals surface area contributed by atoms with E-state index in [0.717, 1.165) is 64.2 Å². The molecule has 1 saturated heterocycles. The van der Waals surface area contributed by atoms with E-state index < -0.39 is 56.2 Å². The highest BCUT2D eigenvalue weighted by Gasteiger charge is 2.68. The summed E-state index contributed by atoms with van der Waals surface area (Å²) in [6.07, 6.45) is 11.9. The fourth-order valence-electron chi connectivity index (χ4n) is 9.72. The van der Waals surface area contributed by atoms with Gasteiger partial charge in [0.25, 0.3) is 5.91 Å². The lowest BCUT2D eigenvalue weighted by atomic mass is 9.49. The highest BCUT2D eigenvalue weighted by molar-refractivity contribution is 7.91. The van der Waals surface area contributed by atoms with Gasteiger partial charge in [0.1, 0.15) is 17.6 Å². The topological polar surface area (TPSA) is 168 Å². The van der Waals surface area contributed by atoms with Gasteiger partial charge in [-0.15, -0.1) is 0 Å². The summed E-state index contributed by atoms with van der Waals surface area (Å²) in [6, 6.07) is -2.49. The number of nitrogens with zero attached hydrogens (tertiary/aromatic N) is 1. The molecule has 0 aromatic rings. The van der Waals surface area contributed by atoms with E-state index in [9.17, 15) is 27.6 Å². The maximum absolute atomic E-state index is 14.9. The van der Waals surface area contributed by atoms with Crippen molar-refractivity contribution in [2.45, 2.75) is 160 Å². The van der Waals surface area contributed by atoms with E-state index in [2.05, 4.69) is 36.1 Å². The molecule has 12 heteroatoms. The maximum Gasteiger partial charge on any atom is 0.259 e. The van der Waals surface area contributed by atoms with Crippen LogP contribution in [0.5, 0.6) is 0 Å². The Balaban J connectivity index is 1.29. The molecule has 0 unspecified atom stereocenters. The summed E-state index contributed by atoms with van der Waals surface area (Å²) in [4.78, 5) is 58.6. The Morgan fingerprint density at radius 2 is 1.53 bits per heavy atom. The first kappa shape index (κ1) is 36.6. The monoisotopic (exact) mass is 703 g/mol. The molecule has 6 fully saturated rings. The molecule has 6 rings (SSSR count). The van der Waals surface area contributed by atoms with E-state index in [0.29, 0.717) is 32.2 Å². The molecule has 0 aromatic carbocycles. The number of amides is 4. The zero-order valence-corrected chi connectivity index (χ0v) is 31.4.